The Bertz CT molecular complexity index is 1580. The topological polar surface area (TPSA) is 153 Å². The van der Waals surface area contributed by atoms with Gasteiger partial charge < -0.3 is 24.3 Å². The number of carbonyl (C=O) groups excluding carboxylic acids is 3. The molecule has 45 heavy (non-hydrogen) atoms. The average Bonchev–Trinajstić information content (AvgIpc) is 3.45. The Morgan fingerprint density at radius 2 is 1.82 bits per heavy atom. The summed E-state index contributed by atoms with van der Waals surface area (Å²) in [6.45, 7) is 11.2. The minimum Gasteiger partial charge on any atom is -0.444 e. The highest BCUT2D eigenvalue weighted by molar-refractivity contribution is 5.99. The van der Waals surface area contributed by atoms with E-state index in [1.807, 2.05) is 44.9 Å². The minimum absolute atomic E-state index is 0.0142. The van der Waals surface area contributed by atoms with E-state index in [-0.39, 0.29) is 24.5 Å². The van der Waals surface area contributed by atoms with E-state index in [0.717, 1.165) is 12.1 Å². The van der Waals surface area contributed by atoms with Gasteiger partial charge in [0.2, 0.25) is 5.91 Å². The van der Waals surface area contributed by atoms with Gasteiger partial charge in [-0.15, -0.1) is 0 Å². The van der Waals surface area contributed by atoms with Crippen LogP contribution in [0.2, 0.25) is 0 Å². The highest BCUT2D eigenvalue weighted by Gasteiger charge is 2.33. The first kappa shape index (κ1) is 31.5. The number of hydrogen-bond acceptors (Lipinski definition) is 10. The molecule has 0 bridgehead atoms. The molecule has 0 aliphatic carbocycles. The molecule has 3 aromatic rings. The van der Waals surface area contributed by atoms with Crippen molar-refractivity contribution in [2.45, 2.75) is 52.2 Å². The van der Waals surface area contributed by atoms with Crippen LogP contribution in [0.4, 0.5) is 26.9 Å². The van der Waals surface area contributed by atoms with Crippen LogP contribution in [-0.4, -0.2) is 105 Å². The molecule has 2 aliphatic rings. The third-order valence-electron chi connectivity index (χ3n) is 8.29. The summed E-state index contributed by atoms with van der Waals surface area (Å²) in [6.07, 6.45) is 5.16. The molecule has 2 atom stereocenters. The summed E-state index contributed by atoms with van der Waals surface area (Å²) in [7, 11) is 1.93. The molecule has 14 nitrogen and oxygen atoms in total. The average molecular weight is 617 g/mol. The second-order valence-corrected chi connectivity index (χ2v) is 12.5. The van der Waals surface area contributed by atoms with Crippen LogP contribution < -0.4 is 15.1 Å². The summed E-state index contributed by atoms with van der Waals surface area (Å²) in [5, 5.41) is 12.5. The van der Waals surface area contributed by atoms with Crippen molar-refractivity contribution in [3.05, 3.63) is 36.9 Å². The number of ether oxygens (including phenoxy) is 1. The molecule has 3 aromatic heterocycles. The van der Waals surface area contributed by atoms with Crippen LogP contribution in [0.15, 0.2) is 36.9 Å². The number of likely N-dealkylation sites (tertiary alicyclic amines) is 1. The maximum Gasteiger partial charge on any atom is 0.410 e. The predicted molar refractivity (Wildman–Crippen MR) is 169 cm³/mol. The Kier molecular flexibility index (Phi) is 9.08. The molecule has 1 N–H and O–H groups in total. The first-order valence-corrected chi connectivity index (χ1v) is 15.1. The fourth-order valence-corrected chi connectivity index (χ4v) is 5.79. The van der Waals surface area contributed by atoms with Gasteiger partial charge >= 0.3 is 12.1 Å². The molecule has 0 spiro atoms. The van der Waals surface area contributed by atoms with Crippen molar-refractivity contribution in [3.8, 4) is 6.07 Å². The zero-order valence-corrected chi connectivity index (χ0v) is 26.4. The standard InChI is InChI=1S/C31H40N10O4/c1-21-9-12-40(26(42)8-11-32)19-24(21)37(5)27-23-10-13-41(28(23)35-20-34-27)29(43)36-25-7-6-22(18-33-25)38-14-16-39(17-15-38)30(44)45-31(2,3)4/h6-7,10,13,18,20-21,24H,8-9,12,14-17,19H2,1-5H3,(H,33,36,43)/t21-,24+/m1/s1. The minimum atomic E-state index is -0.532. The molecule has 2 aliphatic heterocycles. The van der Waals surface area contributed by atoms with Gasteiger partial charge in [-0.2, -0.15) is 5.26 Å². The number of nitrogens with zero attached hydrogens (tertiary/aromatic N) is 9. The smallest absolute Gasteiger partial charge is 0.410 e. The fraction of sp³-hybridized carbons (Fsp3) is 0.516. The maximum absolute atomic E-state index is 13.3. The van der Waals surface area contributed by atoms with Crippen molar-refractivity contribution >= 4 is 46.4 Å². The quantitative estimate of drug-likeness (QED) is 0.450. The van der Waals surface area contributed by atoms with Gasteiger partial charge in [0.05, 0.1) is 29.4 Å². The number of likely N-dealkylation sites (N-methyl/N-ethyl adjacent to an activating group) is 1. The highest BCUT2D eigenvalue weighted by atomic mass is 16.6. The van der Waals surface area contributed by atoms with Gasteiger partial charge in [0.25, 0.3) is 0 Å². The third kappa shape index (κ3) is 7.08. The normalized spacial score (nSPS) is 18.8. The third-order valence-corrected chi connectivity index (χ3v) is 8.29. The molecule has 5 heterocycles. The summed E-state index contributed by atoms with van der Waals surface area (Å²) < 4.78 is 6.90. The Morgan fingerprint density at radius 3 is 2.49 bits per heavy atom. The van der Waals surface area contributed by atoms with Crippen molar-refractivity contribution in [2.75, 3.05) is 61.4 Å². The number of carbonyl (C=O) groups is 3. The summed E-state index contributed by atoms with van der Waals surface area (Å²) in [5.41, 5.74) is 0.813. The first-order valence-electron chi connectivity index (χ1n) is 15.1. The van der Waals surface area contributed by atoms with E-state index in [1.54, 1.807) is 34.3 Å². The van der Waals surface area contributed by atoms with E-state index in [0.29, 0.717) is 67.9 Å². The van der Waals surface area contributed by atoms with Crippen molar-refractivity contribution < 1.29 is 19.1 Å². The Morgan fingerprint density at radius 1 is 1.07 bits per heavy atom. The first-order chi connectivity index (χ1) is 21.4. The number of piperidine rings is 1. The number of amides is 3. The van der Waals surface area contributed by atoms with Gasteiger partial charge in [-0.25, -0.2) is 24.5 Å². The second kappa shape index (κ2) is 13.0. The molecule has 238 valence electrons. The number of rotatable bonds is 5. The molecule has 0 unspecified atom stereocenters. The molecule has 5 rings (SSSR count). The van der Waals surface area contributed by atoms with Crippen LogP contribution in [0.3, 0.4) is 0 Å². The molecule has 0 radical (unpaired) electrons. The zero-order valence-electron chi connectivity index (χ0n) is 26.4. The number of nitrogens with one attached hydrogen (secondary N) is 1. The largest absolute Gasteiger partial charge is 0.444 e. The van der Waals surface area contributed by atoms with Crippen LogP contribution in [-0.2, 0) is 9.53 Å². The van der Waals surface area contributed by atoms with Gasteiger partial charge in [0.15, 0.2) is 5.65 Å². The van der Waals surface area contributed by atoms with E-state index < -0.39 is 11.6 Å². The van der Waals surface area contributed by atoms with E-state index in [2.05, 4.69) is 32.1 Å². The number of hydrogen-bond donors (Lipinski definition) is 1. The summed E-state index contributed by atoms with van der Waals surface area (Å²) in [6, 6.07) is 6.96. The van der Waals surface area contributed by atoms with Gasteiger partial charge in [-0.05, 0) is 51.3 Å². The number of anilines is 3. The maximum atomic E-state index is 13.3. The number of pyridine rings is 1. The summed E-state index contributed by atoms with van der Waals surface area (Å²) >= 11 is 0. The predicted octanol–water partition coefficient (Wildman–Crippen LogP) is 3.55. The van der Waals surface area contributed by atoms with E-state index in [9.17, 15) is 14.4 Å². The molecule has 14 heteroatoms. The lowest BCUT2D eigenvalue weighted by atomic mass is 9.92. The van der Waals surface area contributed by atoms with Gasteiger partial charge in [-0.3, -0.25) is 14.7 Å². The van der Waals surface area contributed by atoms with Gasteiger partial charge in [0, 0.05) is 52.5 Å². The lowest BCUT2D eigenvalue weighted by Gasteiger charge is -2.42. The highest BCUT2D eigenvalue weighted by Crippen LogP contribution is 2.30. The van der Waals surface area contributed by atoms with Crippen molar-refractivity contribution in [1.29, 1.82) is 5.26 Å². The summed E-state index contributed by atoms with van der Waals surface area (Å²) in [5.74, 6) is 1.18. The second-order valence-electron chi connectivity index (χ2n) is 12.5. The SMILES string of the molecule is C[C@@H]1CCN(C(=O)CC#N)C[C@@H]1N(C)c1ncnc2c1ccn2C(=O)Nc1ccc(N2CCN(C(=O)OC(C)(C)C)CC2)cn1. The lowest BCUT2D eigenvalue weighted by Crippen LogP contribution is -2.52. The Balaban J connectivity index is 1.23. The molecular weight excluding hydrogens is 576 g/mol. The van der Waals surface area contributed by atoms with E-state index in [4.69, 9.17) is 10.00 Å². The van der Waals surface area contributed by atoms with Gasteiger partial charge in [-0.1, -0.05) is 6.92 Å². The zero-order chi connectivity index (χ0) is 32.3. The molecule has 2 saturated heterocycles. The number of aromatic nitrogens is 4. The molecular formula is C31H40N10O4. The fourth-order valence-electron chi connectivity index (χ4n) is 5.79. The van der Waals surface area contributed by atoms with Crippen LogP contribution >= 0.6 is 0 Å². The van der Waals surface area contributed by atoms with Crippen molar-refractivity contribution in [3.63, 3.8) is 0 Å². The number of nitriles is 1. The van der Waals surface area contributed by atoms with Crippen LogP contribution in [0.5, 0.6) is 0 Å². The Hall–Kier alpha value is -4.93. The van der Waals surface area contributed by atoms with E-state index >= 15 is 0 Å². The van der Waals surface area contributed by atoms with Crippen LogP contribution in [0.25, 0.3) is 11.0 Å². The van der Waals surface area contributed by atoms with E-state index in [1.165, 1.54) is 10.9 Å². The van der Waals surface area contributed by atoms with Gasteiger partial charge in [0.1, 0.15) is 30.0 Å². The summed E-state index contributed by atoms with van der Waals surface area (Å²) in [4.78, 5) is 59.1. The Labute approximate surface area is 262 Å². The molecule has 0 aromatic carbocycles. The lowest BCUT2D eigenvalue weighted by molar-refractivity contribution is -0.131. The van der Waals surface area contributed by atoms with Crippen molar-refractivity contribution in [1.82, 2.24) is 29.3 Å². The molecule has 2 fully saturated rings. The monoisotopic (exact) mass is 616 g/mol. The molecule has 0 saturated carbocycles. The van der Waals surface area contributed by atoms with Crippen molar-refractivity contribution in [2.24, 2.45) is 5.92 Å². The molecule has 3 amide bonds. The number of fused-ring (bicyclic) bond motifs is 1. The van der Waals surface area contributed by atoms with Crippen LogP contribution in [0.1, 0.15) is 40.5 Å². The number of piperazine rings is 1. The van der Waals surface area contributed by atoms with Crippen LogP contribution in [0, 0.1) is 17.2 Å².